The molecule has 47 heavy (non-hydrogen) atoms. The lowest BCUT2D eigenvalue weighted by molar-refractivity contribution is -0.146. The van der Waals surface area contributed by atoms with Crippen LogP contribution in [0.3, 0.4) is 0 Å². The zero-order valence-corrected chi connectivity index (χ0v) is 28.0. The lowest BCUT2D eigenvalue weighted by Gasteiger charge is -2.12. The molecular weight excluding hydrogens is 635 g/mol. The summed E-state index contributed by atoms with van der Waals surface area (Å²) >= 11 is 12.7. The molecule has 9 heteroatoms. The molecule has 0 aliphatic carbocycles. The minimum absolute atomic E-state index is 0.143. The average molecular weight is 670 g/mol. The molecule has 1 heterocycles. The number of rotatable bonds is 11. The van der Waals surface area contributed by atoms with E-state index in [1.165, 1.54) is 7.11 Å². The number of ether oxygens (including phenoxy) is 3. The van der Waals surface area contributed by atoms with Crippen LogP contribution in [0.2, 0.25) is 10.0 Å². The van der Waals surface area contributed by atoms with Gasteiger partial charge in [-0.15, -0.1) is 0 Å². The molecule has 0 radical (unpaired) electrons. The number of carbonyl (C=O) groups excluding carboxylic acids is 2. The molecule has 5 aromatic rings. The molecule has 0 amide bonds. The molecule has 0 atom stereocenters. The van der Waals surface area contributed by atoms with Crippen LogP contribution < -0.4 is 4.74 Å². The second-order valence-electron chi connectivity index (χ2n) is 11.1. The van der Waals surface area contributed by atoms with Crippen molar-refractivity contribution in [1.82, 2.24) is 9.55 Å². The van der Waals surface area contributed by atoms with Gasteiger partial charge in [0.05, 0.1) is 43.0 Å². The molecule has 0 bridgehead atoms. The van der Waals surface area contributed by atoms with Crippen molar-refractivity contribution in [3.05, 3.63) is 129 Å². The summed E-state index contributed by atoms with van der Waals surface area (Å²) in [5, 5.41) is 1.04. The summed E-state index contributed by atoms with van der Waals surface area (Å²) in [6, 6.07) is 26.5. The lowest BCUT2D eigenvalue weighted by atomic mass is 10.0. The molecule has 0 spiro atoms. The minimum Gasteiger partial charge on any atom is -0.496 e. The molecule has 0 aliphatic heterocycles. The van der Waals surface area contributed by atoms with Crippen molar-refractivity contribution < 1.29 is 23.8 Å². The number of aromatic nitrogens is 2. The van der Waals surface area contributed by atoms with E-state index in [4.69, 9.17) is 42.4 Å². The predicted octanol–water partition coefficient (Wildman–Crippen LogP) is 9.03. The maximum absolute atomic E-state index is 12.2. The first kappa shape index (κ1) is 33.5. The van der Waals surface area contributed by atoms with Gasteiger partial charge in [-0.1, -0.05) is 77.8 Å². The normalized spacial score (nSPS) is 11.2. The minimum atomic E-state index is -0.393. The van der Waals surface area contributed by atoms with E-state index in [0.29, 0.717) is 39.4 Å². The first-order chi connectivity index (χ1) is 22.6. The number of halogens is 2. The molecule has 240 valence electrons. The van der Waals surface area contributed by atoms with Crippen molar-refractivity contribution in [3.63, 3.8) is 0 Å². The van der Waals surface area contributed by atoms with Gasteiger partial charge in [0.25, 0.3) is 0 Å². The van der Waals surface area contributed by atoms with Gasteiger partial charge in [-0.25, -0.2) is 9.78 Å². The third-order valence-corrected chi connectivity index (χ3v) is 7.92. The molecule has 0 aliphatic rings. The Hall–Kier alpha value is -4.85. The molecule has 1 aromatic heterocycles. The van der Waals surface area contributed by atoms with E-state index in [1.54, 1.807) is 25.3 Å². The van der Waals surface area contributed by atoms with Gasteiger partial charge in [-0.05, 0) is 78.6 Å². The monoisotopic (exact) mass is 668 g/mol. The fourth-order valence-electron chi connectivity index (χ4n) is 5.12. The second-order valence-corrected chi connectivity index (χ2v) is 12.0. The van der Waals surface area contributed by atoms with E-state index in [2.05, 4.69) is 0 Å². The standard InChI is InChI=1S/C38H34Cl2N2O5/c1-24(2)47-37(43)20-29-14-13-28(19-35(29)45-3)27-11-8-25(9-12-27)10-17-36-41-34(32-16-15-31(39)21-33(32)40)23-42(36)22-26-6-5-7-30(18-26)38(44)46-4/h5-19,21,23-24H,20,22H2,1-4H3/b17-10+. The zero-order chi connectivity index (χ0) is 33.5. The van der Waals surface area contributed by atoms with E-state index < -0.39 is 5.97 Å². The van der Waals surface area contributed by atoms with Crippen molar-refractivity contribution in [1.29, 1.82) is 0 Å². The summed E-state index contributed by atoms with van der Waals surface area (Å²) in [5.74, 6) is 0.652. The molecule has 0 fully saturated rings. The third kappa shape index (κ3) is 8.50. The summed E-state index contributed by atoms with van der Waals surface area (Å²) in [4.78, 5) is 29.2. The summed E-state index contributed by atoms with van der Waals surface area (Å²) < 4.78 is 17.8. The molecular formula is C38H34Cl2N2O5. The fraction of sp³-hybridized carbons (Fsp3) is 0.184. The highest BCUT2D eigenvalue weighted by atomic mass is 35.5. The molecule has 0 saturated carbocycles. The average Bonchev–Trinajstić information content (AvgIpc) is 3.45. The van der Waals surface area contributed by atoms with E-state index in [0.717, 1.165) is 33.4 Å². The second kappa shape index (κ2) is 15.2. The Morgan fingerprint density at radius 2 is 1.66 bits per heavy atom. The predicted molar refractivity (Wildman–Crippen MR) is 187 cm³/mol. The third-order valence-electron chi connectivity index (χ3n) is 7.37. The van der Waals surface area contributed by atoms with Crippen molar-refractivity contribution >= 4 is 47.3 Å². The topological polar surface area (TPSA) is 79.7 Å². The zero-order valence-electron chi connectivity index (χ0n) is 26.5. The van der Waals surface area contributed by atoms with Crippen LogP contribution in [0.25, 0.3) is 34.5 Å². The summed E-state index contributed by atoms with van der Waals surface area (Å²) in [6.07, 6.45) is 5.84. The van der Waals surface area contributed by atoms with Crippen molar-refractivity contribution in [2.75, 3.05) is 14.2 Å². The van der Waals surface area contributed by atoms with Gasteiger partial charge < -0.3 is 18.8 Å². The first-order valence-corrected chi connectivity index (χ1v) is 15.7. The smallest absolute Gasteiger partial charge is 0.337 e. The van der Waals surface area contributed by atoms with E-state index in [9.17, 15) is 9.59 Å². The first-order valence-electron chi connectivity index (χ1n) is 15.0. The van der Waals surface area contributed by atoms with Gasteiger partial charge in [-0.2, -0.15) is 0 Å². The van der Waals surface area contributed by atoms with Gasteiger partial charge in [0.1, 0.15) is 11.6 Å². The van der Waals surface area contributed by atoms with Gasteiger partial charge in [-0.3, -0.25) is 4.79 Å². The van der Waals surface area contributed by atoms with Crippen LogP contribution in [0, 0.1) is 0 Å². The Morgan fingerprint density at radius 3 is 2.36 bits per heavy atom. The Balaban J connectivity index is 1.40. The van der Waals surface area contributed by atoms with Crippen LogP contribution >= 0.6 is 23.2 Å². The summed E-state index contributed by atoms with van der Waals surface area (Å²) in [5.41, 5.74) is 6.56. The molecule has 7 nitrogen and oxygen atoms in total. The van der Waals surface area contributed by atoms with Gasteiger partial charge >= 0.3 is 11.9 Å². The lowest BCUT2D eigenvalue weighted by Crippen LogP contribution is -2.14. The van der Waals surface area contributed by atoms with E-state index in [1.807, 2.05) is 103 Å². The Morgan fingerprint density at radius 1 is 0.894 bits per heavy atom. The van der Waals surface area contributed by atoms with Crippen LogP contribution in [0.4, 0.5) is 0 Å². The summed E-state index contributed by atoms with van der Waals surface area (Å²) in [6.45, 7) is 4.12. The Bertz CT molecular complexity index is 1930. The van der Waals surface area contributed by atoms with Crippen LogP contribution in [0.1, 0.15) is 46.7 Å². The number of carbonyl (C=O) groups is 2. The van der Waals surface area contributed by atoms with Gasteiger partial charge in [0, 0.05) is 28.9 Å². The summed E-state index contributed by atoms with van der Waals surface area (Å²) in [7, 11) is 2.96. The van der Waals surface area contributed by atoms with Gasteiger partial charge in [0.15, 0.2) is 0 Å². The van der Waals surface area contributed by atoms with Crippen molar-refractivity contribution in [3.8, 4) is 28.1 Å². The quantitative estimate of drug-likeness (QED) is 0.131. The number of imidazole rings is 1. The number of hydrogen-bond donors (Lipinski definition) is 0. The number of benzene rings is 4. The van der Waals surface area contributed by atoms with E-state index >= 15 is 0 Å². The highest BCUT2D eigenvalue weighted by Crippen LogP contribution is 2.31. The SMILES string of the molecule is COC(=O)c1cccc(Cn2cc(-c3ccc(Cl)cc3Cl)nc2/C=C/c2ccc(-c3ccc(CC(=O)OC(C)C)c(OC)c3)cc2)c1. The molecule has 5 rings (SSSR count). The van der Waals surface area contributed by atoms with Gasteiger partial charge in [0.2, 0.25) is 0 Å². The van der Waals surface area contributed by atoms with E-state index in [-0.39, 0.29) is 18.5 Å². The number of nitrogens with zero attached hydrogens (tertiary/aromatic N) is 2. The number of esters is 2. The molecule has 4 aromatic carbocycles. The highest BCUT2D eigenvalue weighted by molar-refractivity contribution is 6.36. The van der Waals surface area contributed by atoms with Crippen LogP contribution in [-0.2, 0) is 27.2 Å². The Labute approximate surface area is 284 Å². The number of methoxy groups -OCH3 is 2. The highest BCUT2D eigenvalue weighted by Gasteiger charge is 2.15. The molecule has 0 unspecified atom stereocenters. The number of hydrogen-bond acceptors (Lipinski definition) is 6. The fourth-order valence-corrected chi connectivity index (χ4v) is 5.62. The molecule has 0 saturated heterocycles. The maximum Gasteiger partial charge on any atom is 0.337 e. The van der Waals surface area contributed by atoms with Crippen LogP contribution in [0.15, 0.2) is 91.1 Å². The Kier molecular flexibility index (Phi) is 10.8. The van der Waals surface area contributed by atoms with Crippen molar-refractivity contribution in [2.24, 2.45) is 0 Å². The van der Waals surface area contributed by atoms with Crippen LogP contribution in [-0.4, -0.2) is 41.8 Å². The maximum atomic E-state index is 12.2. The largest absolute Gasteiger partial charge is 0.496 e. The van der Waals surface area contributed by atoms with Crippen molar-refractivity contribution in [2.45, 2.75) is 32.9 Å². The van der Waals surface area contributed by atoms with Crippen LogP contribution in [0.5, 0.6) is 5.75 Å². The molecule has 0 N–H and O–H groups in total.